The fourth-order valence-electron chi connectivity index (χ4n) is 1.65. The number of amides is 1. The van der Waals surface area contributed by atoms with Gasteiger partial charge in [0.2, 0.25) is 0 Å². The van der Waals surface area contributed by atoms with Crippen LogP contribution in [-0.2, 0) is 6.54 Å². The van der Waals surface area contributed by atoms with E-state index in [1.165, 1.54) is 18.2 Å². The van der Waals surface area contributed by atoms with Gasteiger partial charge in [-0.3, -0.25) is 4.79 Å². The van der Waals surface area contributed by atoms with Gasteiger partial charge in [-0.15, -0.1) is 0 Å². The highest BCUT2D eigenvalue weighted by molar-refractivity contribution is 9.10. The van der Waals surface area contributed by atoms with E-state index >= 15 is 0 Å². The molecule has 0 spiro atoms. The van der Waals surface area contributed by atoms with Gasteiger partial charge in [0.05, 0.1) is 10.6 Å². The molecule has 0 aromatic heterocycles. The Balaban J connectivity index is 2.15. The standard InChI is InChI=1S/C14H8BrClF3NO/c15-8-1-2-11(17)7(3-8)6-20-14(21)9-4-13(19)10(16)5-12(9)18/h1-5H,6H2,(H,20,21). The summed E-state index contributed by atoms with van der Waals surface area (Å²) in [7, 11) is 0. The molecule has 0 atom stereocenters. The number of halogens is 5. The van der Waals surface area contributed by atoms with Gasteiger partial charge in [0.1, 0.15) is 17.5 Å². The molecule has 1 amide bonds. The number of carbonyl (C=O) groups excluding carboxylic acids is 1. The van der Waals surface area contributed by atoms with E-state index in [1.54, 1.807) is 0 Å². The first kappa shape index (κ1) is 15.9. The van der Waals surface area contributed by atoms with Crippen LogP contribution in [-0.4, -0.2) is 5.91 Å². The SMILES string of the molecule is O=C(NCc1cc(Br)ccc1F)c1cc(F)c(Cl)cc1F. The second-order valence-corrected chi connectivity index (χ2v) is 5.49. The van der Waals surface area contributed by atoms with E-state index in [0.29, 0.717) is 16.6 Å². The molecule has 0 heterocycles. The maximum absolute atomic E-state index is 13.6. The summed E-state index contributed by atoms with van der Waals surface area (Å²) in [5.41, 5.74) is -0.278. The Hall–Kier alpha value is -1.53. The van der Waals surface area contributed by atoms with Crippen molar-refractivity contribution >= 4 is 33.4 Å². The predicted octanol–water partition coefficient (Wildman–Crippen LogP) is 4.45. The highest BCUT2D eigenvalue weighted by Crippen LogP contribution is 2.20. The van der Waals surface area contributed by atoms with Crippen molar-refractivity contribution in [2.24, 2.45) is 0 Å². The molecule has 0 aliphatic carbocycles. The lowest BCUT2D eigenvalue weighted by atomic mass is 10.1. The molecule has 110 valence electrons. The van der Waals surface area contributed by atoms with Crippen molar-refractivity contribution in [3.63, 3.8) is 0 Å². The Bertz CT molecular complexity index is 709. The highest BCUT2D eigenvalue weighted by Gasteiger charge is 2.15. The summed E-state index contributed by atoms with van der Waals surface area (Å²) in [6, 6.07) is 5.63. The van der Waals surface area contributed by atoms with E-state index in [4.69, 9.17) is 11.6 Å². The number of benzene rings is 2. The van der Waals surface area contributed by atoms with Gasteiger partial charge in [0, 0.05) is 16.6 Å². The molecule has 0 aliphatic rings. The lowest BCUT2D eigenvalue weighted by molar-refractivity contribution is 0.0946. The maximum atomic E-state index is 13.6. The summed E-state index contributed by atoms with van der Waals surface area (Å²) in [6.45, 7) is -0.159. The van der Waals surface area contributed by atoms with E-state index in [-0.39, 0.29) is 12.1 Å². The zero-order chi connectivity index (χ0) is 15.6. The molecule has 0 bridgehead atoms. The van der Waals surface area contributed by atoms with E-state index < -0.39 is 33.9 Å². The van der Waals surface area contributed by atoms with Gasteiger partial charge in [-0.2, -0.15) is 0 Å². The molecule has 2 aromatic rings. The molecule has 0 fully saturated rings. The fourth-order valence-corrected chi connectivity index (χ4v) is 2.20. The Labute approximate surface area is 132 Å². The van der Waals surface area contributed by atoms with Crippen molar-refractivity contribution in [2.75, 3.05) is 0 Å². The third-order valence-electron chi connectivity index (χ3n) is 2.70. The van der Waals surface area contributed by atoms with Gasteiger partial charge < -0.3 is 5.32 Å². The van der Waals surface area contributed by atoms with Crippen LogP contribution in [0, 0.1) is 17.5 Å². The van der Waals surface area contributed by atoms with Crippen LogP contribution in [0.4, 0.5) is 13.2 Å². The van der Waals surface area contributed by atoms with Crippen molar-refractivity contribution in [2.45, 2.75) is 6.54 Å². The second kappa shape index (κ2) is 6.49. The van der Waals surface area contributed by atoms with Crippen molar-refractivity contribution in [1.29, 1.82) is 0 Å². The van der Waals surface area contributed by atoms with Gasteiger partial charge in [-0.05, 0) is 30.3 Å². The molecular formula is C14H8BrClF3NO. The molecule has 21 heavy (non-hydrogen) atoms. The quantitative estimate of drug-likeness (QED) is 0.786. The minimum Gasteiger partial charge on any atom is -0.348 e. The molecular weight excluding hydrogens is 371 g/mol. The largest absolute Gasteiger partial charge is 0.348 e. The van der Waals surface area contributed by atoms with Gasteiger partial charge in [0.15, 0.2) is 0 Å². The van der Waals surface area contributed by atoms with Crippen molar-refractivity contribution in [3.05, 3.63) is 68.4 Å². The van der Waals surface area contributed by atoms with Crippen molar-refractivity contribution < 1.29 is 18.0 Å². The summed E-state index contributed by atoms with van der Waals surface area (Å²) in [5, 5.41) is 1.91. The molecule has 0 aliphatic heterocycles. The van der Waals surface area contributed by atoms with E-state index in [1.807, 2.05) is 0 Å². The third-order valence-corrected chi connectivity index (χ3v) is 3.48. The van der Waals surface area contributed by atoms with E-state index in [2.05, 4.69) is 21.2 Å². The minimum absolute atomic E-state index is 0.159. The van der Waals surface area contributed by atoms with Gasteiger partial charge in [-0.25, -0.2) is 13.2 Å². The van der Waals surface area contributed by atoms with Crippen LogP contribution < -0.4 is 5.32 Å². The van der Waals surface area contributed by atoms with Crippen LogP contribution >= 0.6 is 27.5 Å². The molecule has 0 saturated heterocycles. The van der Waals surface area contributed by atoms with Gasteiger partial charge in [-0.1, -0.05) is 27.5 Å². The fraction of sp³-hybridized carbons (Fsp3) is 0.0714. The van der Waals surface area contributed by atoms with Crippen LogP contribution in [0.1, 0.15) is 15.9 Å². The number of hydrogen-bond acceptors (Lipinski definition) is 1. The summed E-state index contributed by atoms with van der Waals surface area (Å²) in [4.78, 5) is 11.8. The summed E-state index contributed by atoms with van der Waals surface area (Å²) in [6.07, 6.45) is 0. The number of nitrogens with one attached hydrogen (secondary N) is 1. The topological polar surface area (TPSA) is 29.1 Å². The molecule has 0 radical (unpaired) electrons. The zero-order valence-corrected chi connectivity index (χ0v) is 12.7. The highest BCUT2D eigenvalue weighted by atomic mass is 79.9. The normalized spacial score (nSPS) is 10.5. The van der Waals surface area contributed by atoms with E-state index in [9.17, 15) is 18.0 Å². The van der Waals surface area contributed by atoms with Crippen molar-refractivity contribution in [1.82, 2.24) is 5.32 Å². The zero-order valence-electron chi connectivity index (χ0n) is 10.4. The average molecular weight is 379 g/mol. The second-order valence-electron chi connectivity index (χ2n) is 4.16. The molecule has 0 unspecified atom stereocenters. The Kier molecular flexibility index (Phi) is 4.90. The Morgan fingerprint density at radius 2 is 1.81 bits per heavy atom. The molecule has 7 heteroatoms. The smallest absolute Gasteiger partial charge is 0.254 e. The van der Waals surface area contributed by atoms with Gasteiger partial charge >= 0.3 is 0 Å². The predicted molar refractivity (Wildman–Crippen MR) is 76.6 cm³/mol. The molecule has 2 nitrogen and oxygen atoms in total. The molecule has 2 rings (SSSR count). The Morgan fingerprint density at radius 1 is 1.10 bits per heavy atom. The summed E-state index contributed by atoms with van der Waals surface area (Å²) in [5.74, 6) is -3.23. The third kappa shape index (κ3) is 3.77. The minimum atomic E-state index is -0.950. The lowest BCUT2D eigenvalue weighted by Crippen LogP contribution is -2.24. The van der Waals surface area contributed by atoms with Gasteiger partial charge in [0.25, 0.3) is 5.91 Å². The number of rotatable bonds is 3. The molecule has 2 aromatic carbocycles. The summed E-state index contributed by atoms with van der Waals surface area (Å²) < 4.78 is 40.9. The maximum Gasteiger partial charge on any atom is 0.254 e. The first-order valence-corrected chi connectivity index (χ1v) is 6.92. The van der Waals surface area contributed by atoms with Crippen molar-refractivity contribution in [3.8, 4) is 0 Å². The first-order chi connectivity index (χ1) is 9.88. The summed E-state index contributed by atoms with van der Waals surface area (Å²) >= 11 is 8.57. The number of carbonyl (C=O) groups is 1. The lowest BCUT2D eigenvalue weighted by Gasteiger charge is -2.08. The van der Waals surface area contributed by atoms with Crippen LogP contribution in [0.5, 0.6) is 0 Å². The monoisotopic (exact) mass is 377 g/mol. The number of hydrogen-bond donors (Lipinski definition) is 1. The van der Waals surface area contributed by atoms with Crippen LogP contribution in [0.3, 0.4) is 0 Å². The van der Waals surface area contributed by atoms with Crippen LogP contribution in [0.25, 0.3) is 0 Å². The molecule has 0 saturated carbocycles. The van der Waals surface area contributed by atoms with Crippen LogP contribution in [0.15, 0.2) is 34.8 Å². The van der Waals surface area contributed by atoms with E-state index in [0.717, 1.165) is 0 Å². The van der Waals surface area contributed by atoms with Crippen LogP contribution in [0.2, 0.25) is 5.02 Å². The molecule has 1 N–H and O–H groups in total. The Morgan fingerprint density at radius 3 is 2.52 bits per heavy atom. The first-order valence-electron chi connectivity index (χ1n) is 5.75. The average Bonchev–Trinajstić information content (AvgIpc) is 2.43.